The number of carbonyl (C=O) groups excluding carboxylic acids is 1. The van der Waals surface area contributed by atoms with Gasteiger partial charge in [-0.05, 0) is 31.9 Å². The number of hydrogen-bond donors (Lipinski definition) is 1. The molecule has 1 fully saturated rings. The van der Waals surface area contributed by atoms with Crippen LogP contribution < -0.4 is 4.72 Å². The maximum atomic E-state index is 11.6. The quantitative estimate of drug-likeness (QED) is 0.815. The second kappa shape index (κ2) is 3.90. The normalized spacial score (nSPS) is 15.8. The highest BCUT2D eigenvalue weighted by atomic mass is 32.2. The van der Waals surface area contributed by atoms with Crippen LogP contribution in [-0.2, 0) is 10.0 Å². The summed E-state index contributed by atoms with van der Waals surface area (Å²) in [6.45, 7) is 1.45. The molecule has 1 aromatic carbocycles. The molecule has 0 bridgehead atoms. The highest BCUT2D eigenvalue weighted by Crippen LogP contribution is 2.29. The summed E-state index contributed by atoms with van der Waals surface area (Å²) in [7, 11) is -3.24. The Balaban J connectivity index is 2.21. The second-order valence-electron chi connectivity index (χ2n) is 3.98. The topological polar surface area (TPSA) is 63.2 Å². The van der Waals surface area contributed by atoms with E-state index >= 15 is 0 Å². The van der Waals surface area contributed by atoms with E-state index in [4.69, 9.17) is 0 Å². The van der Waals surface area contributed by atoms with Crippen molar-refractivity contribution >= 4 is 21.5 Å². The molecule has 2 rings (SSSR count). The molecule has 1 saturated carbocycles. The number of rotatable bonds is 4. The number of ketones is 1. The molecule has 0 atom stereocenters. The zero-order valence-corrected chi connectivity index (χ0v) is 9.75. The Morgan fingerprint density at radius 3 is 2.62 bits per heavy atom. The van der Waals surface area contributed by atoms with Gasteiger partial charge >= 0.3 is 0 Å². The predicted octanol–water partition coefficient (Wildman–Crippen LogP) is 1.79. The molecule has 0 aliphatic heterocycles. The minimum Gasteiger partial charge on any atom is -0.295 e. The monoisotopic (exact) mass is 239 g/mol. The van der Waals surface area contributed by atoms with Gasteiger partial charge in [0.1, 0.15) is 0 Å². The van der Waals surface area contributed by atoms with E-state index in [0.717, 1.165) is 12.8 Å². The summed E-state index contributed by atoms with van der Waals surface area (Å²) >= 11 is 0. The van der Waals surface area contributed by atoms with Crippen LogP contribution in [0.15, 0.2) is 24.3 Å². The molecule has 86 valence electrons. The van der Waals surface area contributed by atoms with Crippen LogP contribution in [0.2, 0.25) is 0 Å². The summed E-state index contributed by atoms with van der Waals surface area (Å²) < 4.78 is 25.8. The summed E-state index contributed by atoms with van der Waals surface area (Å²) in [6, 6.07) is 6.54. The smallest absolute Gasteiger partial charge is 0.235 e. The first-order valence-electron chi connectivity index (χ1n) is 5.12. The molecule has 1 aromatic rings. The molecule has 5 heteroatoms. The number of carbonyl (C=O) groups is 1. The third-order valence-corrected chi connectivity index (χ3v) is 4.36. The molecule has 1 aliphatic rings. The van der Waals surface area contributed by atoms with Crippen LogP contribution >= 0.6 is 0 Å². The van der Waals surface area contributed by atoms with Gasteiger partial charge in [-0.1, -0.05) is 12.1 Å². The van der Waals surface area contributed by atoms with Gasteiger partial charge in [0.2, 0.25) is 10.0 Å². The van der Waals surface area contributed by atoms with E-state index in [1.807, 2.05) is 0 Å². The van der Waals surface area contributed by atoms with Crippen molar-refractivity contribution in [2.75, 3.05) is 4.72 Å². The summed E-state index contributed by atoms with van der Waals surface area (Å²) in [5.74, 6) is -0.0764. The van der Waals surface area contributed by atoms with Gasteiger partial charge < -0.3 is 0 Å². The van der Waals surface area contributed by atoms with E-state index in [1.54, 1.807) is 24.3 Å². The second-order valence-corrected chi connectivity index (χ2v) is 5.94. The van der Waals surface area contributed by atoms with Crippen LogP contribution in [0.5, 0.6) is 0 Å². The largest absolute Gasteiger partial charge is 0.295 e. The first-order chi connectivity index (χ1) is 7.49. The molecule has 1 aliphatic carbocycles. The molecule has 4 nitrogen and oxygen atoms in total. The standard InChI is InChI=1S/C11H13NO3S/c1-8(13)9-3-2-4-10(7-9)12-16(14,15)11-5-6-11/h2-4,7,11-12H,5-6H2,1H3. The van der Waals surface area contributed by atoms with Crippen molar-refractivity contribution in [2.24, 2.45) is 0 Å². The van der Waals surface area contributed by atoms with E-state index in [2.05, 4.69) is 4.72 Å². The Bertz CT molecular complexity index is 518. The van der Waals surface area contributed by atoms with E-state index in [0.29, 0.717) is 11.3 Å². The molecular formula is C11H13NO3S. The van der Waals surface area contributed by atoms with Gasteiger partial charge in [0.05, 0.1) is 5.25 Å². The average Bonchev–Trinajstić information content (AvgIpc) is 3.00. The maximum absolute atomic E-state index is 11.6. The number of Topliss-reactive ketones (excluding diaryl/α,β-unsaturated/α-hetero) is 1. The van der Waals surface area contributed by atoms with Crippen molar-refractivity contribution in [1.82, 2.24) is 0 Å². The molecule has 0 spiro atoms. The predicted molar refractivity (Wildman–Crippen MR) is 62.0 cm³/mol. The van der Waals surface area contributed by atoms with Crippen molar-refractivity contribution in [3.63, 3.8) is 0 Å². The Labute approximate surface area is 94.7 Å². The zero-order chi connectivity index (χ0) is 11.8. The van der Waals surface area contributed by atoms with Crippen LogP contribution in [-0.4, -0.2) is 19.5 Å². The fourth-order valence-corrected chi connectivity index (χ4v) is 2.81. The van der Waals surface area contributed by atoms with Crippen molar-refractivity contribution in [2.45, 2.75) is 25.0 Å². The summed E-state index contributed by atoms with van der Waals surface area (Å²) in [5.41, 5.74) is 0.968. The highest BCUT2D eigenvalue weighted by Gasteiger charge is 2.35. The number of nitrogens with one attached hydrogen (secondary N) is 1. The first-order valence-corrected chi connectivity index (χ1v) is 6.66. The fraction of sp³-hybridized carbons (Fsp3) is 0.364. The summed E-state index contributed by atoms with van der Waals surface area (Å²) in [4.78, 5) is 11.1. The summed E-state index contributed by atoms with van der Waals surface area (Å²) in [5, 5.41) is -0.256. The van der Waals surface area contributed by atoms with Crippen molar-refractivity contribution in [1.29, 1.82) is 0 Å². The van der Waals surface area contributed by atoms with Gasteiger partial charge in [0.15, 0.2) is 5.78 Å². The molecule has 0 heterocycles. The average molecular weight is 239 g/mol. The number of hydrogen-bond acceptors (Lipinski definition) is 3. The number of benzene rings is 1. The van der Waals surface area contributed by atoms with E-state index < -0.39 is 10.0 Å². The SMILES string of the molecule is CC(=O)c1cccc(NS(=O)(=O)C2CC2)c1. The highest BCUT2D eigenvalue weighted by molar-refractivity contribution is 7.93. The van der Waals surface area contributed by atoms with Crippen LogP contribution in [0, 0.1) is 0 Å². The van der Waals surface area contributed by atoms with E-state index in [1.165, 1.54) is 6.92 Å². The Hall–Kier alpha value is -1.36. The Kier molecular flexibility index (Phi) is 2.71. The molecule has 0 radical (unpaired) electrons. The Morgan fingerprint density at radius 1 is 1.38 bits per heavy atom. The van der Waals surface area contributed by atoms with Crippen molar-refractivity contribution in [3.05, 3.63) is 29.8 Å². The van der Waals surface area contributed by atoms with Crippen molar-refractivity contribution in [3.8, 4) is 0 Å². The first kappa shape index (κ1) is 11.1. The lowest BCUT2D eigenvalue weighted by molar-refractivity contribution is 0.101. The molecule has 16 heavy (non-hydrogen) atoms. The third-order valence-electron chi connectivity index (χ3n) is 2.49. The van der Waals surface area contributed by atoms with E-state index in [9.17, 15) is 13.2 Å². The van der Waals surface area contributed by atoms with Crippen LogP contribution in [0.25, 0.3) is 0 Å². The van der Waals surface area contributed by atoms with Gasteiger partial charge in [-0.25, -0.2) is 8.42 Å². The van der Waals surface area contributed by atoms with Gasteiger partial charge in [-0.3, -0.25) is 9.52 Å². The van der Waals surface area contributed by atoms with Crippen LogP contribution in [0.1, 0.15) is 30.1 Å². The zero-order valence-electron chi connectivity index (χ0n) is 8.93. The van der Waals surface area contributed by atoms with E-state index in [-0.39, 0.29) is 11.0 Å². The third kappa shape index (κ3) is 2.41. The lowest BCUT2D eigenvalue weighted by atomic mass is 10.1. The molecular weight excluding hydrogens is 226 g/mol. The number of sulfonamides is 1. The van der Waals surface area contributed by atoms with Gasteiger partial charge in [0, 0.05) is 11.3 Å². The van der Waals surface area contributed by atoms with Gasteiger partial charge in [0.25, 0.3) is 0 Å². The minimum atomic E-state index is -3.24. The maximum Gasteiger partial charge on any atom is 0.235 e. The van der Waals surface area contributed by atoms with Crippen LogP contribution in [0.3, 0.4) is 0 Å². The molecule has 0 saturated heterocycles. The molecule has 0 amide bonds. The fourth-order valence-electron chi connectivity index (χ4n) is 1.43. The minimum absolute atomic E-state index is 0.0764. The molecule has 0 aromatic heterocycles. The van der Waals surface area contributed by atoms with Gasteiger partial charge in [-0.15, -0.1) is 0 Å². The van der Waals surface area contributed by atoms with Crippen LogP contribution in [0.4, 0.5) is 5.69 Å². The number of anilines is 1. The van der Waals surface area contributed by atoms with Gasteiger partial charge in [-0.2, -0.15) is 0 Å². The molecule has 0 unspecified atom stereocenters. The Morgan fingerprint density at radius 2 is 2.06 bits per heavy atom. The molecule has 1 N–H and O–H groups in total. The van der Waals surface area contributed by atoms with Crippen molar-refractivity contribution < 1.29 is 13.2 Å². The lowest BCUT2D eigenvalue weighted by Crippen LogP contribution is -2.17. The lowest BCUT2D eigenvalue weighted by Gasteiger charge is -2.07. The summed E-state index contributed by atoms with van der Waals surface area (Å²) in [6.07, 6.45) is 1.45.